The fourth-order valence-electron chi connectivity index (χ4n) is 3.58. The molecule has 1 N–H and O–H groups in total. The number of nitriles is 1. The predicted octanol–water partition coefficient (Wildman–Crippen LogP) is 0.668. The van der Waals surface area contributed by atoms with E-state index in [4.69, 9.17) is 14.2 Å². The van der Waals surface area contributed by atoms with E-state index in [-0.39, 0.29) is 6.61 Å². The minimum absolute atomic E-state index is 0.263. The zero-order valence-electron chi connectivity index (χ0n) is 13.6. The van der Waals surface area contributed by atoms with Crippen LogP contribution >= 0.6 is 0 Å². The minimum atomic E-state index is -1.42. The highest BCUT2D eigenvalue weighted by Crippen LogP contribution is 2.49. The van der Waals surface area contributed by atoms with E-state index >= 15 is 0 Å². The van der Waals surface area contributed by atoms with Crippen LogP contribution in [0.3, 0.4) is 0 Å². The normalized spacial score (nSPS) is 34.4. The van der Waals surface area contributed by atoms with Crippen LogP contribution in [0.4, 0.5) is 0 Å². The molecule has 2 fully saturated rings. The van der Waals surface area contributed by atoms with Crippen LogP contribution in [0.15, 0.2) is 18.5 Å². The van der Waals surface area contributed by atoms with E-state index in [0.29, 0.717) is 5.69 Å². The number of nitrogens with zero attached hydrogens (tertiary/aromatic N) is 4. The third-order valence-electron chi connectivity index (χ3n) is 4.60. The Morgan fingerprint density at radius 2 is 2.12 bits per heavy atom. The minimum Gasteiger partial charge on any atom is -0.394 e. The second-order valence-corrected chi connectivity index (χ2v) is 6.57. The lowest BCUT2D eigenvalue weighted by Crippen LogP contribution is -2.40. The molecule has 8 nitrogen and oxygen atoms in total. The highest BCUT2D eigenvalue weighted by molar-refractivity contribution is 5.54. The molecule has 8 heteroatoms. The number of hydrogen-bond acceptors (Lipinski definition) is 7. The van der Waals surface area contributed by atoms with Crippen LogP contribution < -0.4 is 0 Å². The van der Waals surface area contributed by atoms with Crippen molar-refractivity contribution in [2.24, 2.45) is 0 Å². The molecule has 0 amide bonds. The highest BCUT2D eigenvalue weighted by Gasteiger charge is 2.65. The van der Waals surface area contributed by atoms with Crippen molar-refractivity contribution in [3.05, 3.63) is 29.8 Å². The summed E-state index contributed by atoms with van der Waals surface area (Å²) in [6, 6.07) is 5.87. The van der Waals surface area contributed by atoms with Crippen LogP contribution in [0.25, 0.3) is 5.52 Å². The molecule has 0 bridgehead atoms. The smallest absolute Gasteiger partial charge is 0.226 e. The highest BCUT2D eigenvalue weighted by atomic mass is 16.8. The van der Waals surface area contributed by atoms with Crippen LogP contribution in [0.1, 0.15) is 25.2 Å². The van der Waals surface area contributed by atoms with Crippen molar-refractivity contribution in [3.8, 4) is 6.07 Å². The average Bonchev–Trinajstić information content (AvgIpc) is 3.18. The number of rotatable bonds is 2. The molecule has 4 atom stereocenters. The van der Waals surface area contributed by atoms with Gasteiger partial charge in [0.15, 0.2) is 5.79 Å². The Morgan fingerprint density at radius 3 is 2.83 bits per heavy atom. The second kappa shape index (κ2) is 4.97. The van der Waals surface area contributed by atoms with Crippen molar-refractivity contribution in [2.45, 2.75) is 50.5 Å². The maximum absolute atomic E-state index is 10.00. The Kier molecular flexibility index (Phi) is 3.21. The van der Waals surface area contributed by atoms with E-state index in [0.717, 1.165) is 11.2 Å². The van der Waals surface area contributed by atoms with Gasteiger partial charge in [0.2, 0.25) is 5.60 Å². The summed E-state index contributed by atoms with van der Waals surface area (Å²) >= 11 is 0. The number of fused-ring (bicyclic) bond motifs is 2. The summed E-state index contributed by atoms with van der Waals surface area (Å²) in [7, 11) is 0. The number of aliphatic hydroxyl groups is 1. The summed E-state index contributed by atoms with van der Waals surface area (Å²) < 4.78 is 19.4. The van der Waals surface area contributed by atoms with Crippen molar-refractivity contribution in [3.63, 3.8) is 0 Å². The zero-order valence-corrected chi connectivity index (χ0v) is 13.6. The van der Waals surface area contributed by atoms with Crippen LogP contribution in [0.2, 0.25) is 0 Å². The van der Waals surface area contributed by atoms with Crippen molar-refractivity contribution < 1.29 is 19.3 Å². The molecular formula is C16H18N4O4. The molecule has 0 spiro atoms. The number of ether oxygens (including phenoxy) is 3. The lowest BCUT2D eigenvalue weighted by Gasteiger charge is -2.28. The summed E-state index contributed by atoms with van der Waals surface area (Å²) in [6.07, 6.45) is -0.408. The fraction of sp³-hybridized carbons (Fsp3) is 0.562. The monoisotopic (exact) mass is 330 g/mol. The van der Waals surface area contributed by atoms with Crippen LogP contribution in [-0.4, -0.2) is 50.4 Å². The third-order valence-corrected chi connectivity index (χ3v) is 4.60. The van der Waals surface area contributed by atoms with Crippen molar-refractivity contribution in [2.75, 3.05) is 6.61 Å². The van der Waals surface area contributed by atoms with Gasteiger partial charge in [0.1, 0.15) is 30.7 Å². The first-order chi connectivity index (χ1) is 11.4. The van der Waals surface area contributed by atoms with Gasteiger partial charge in [0, 0.05) is 0 Å². The quantitative estimate of drug-likeness (QED) is 0.863. The Bertz CT molecular complexity index is 842. The summed E-state index contributed by atoms with van der Waals surface area (Å²) in [5, 5.41) is 23.9. The van der Waals surface area contributed by atoms with Crippen molar-refractivity contribution in [1.29, 1.82) is 5.26 Å². The van der Waals surface area contributed by atoms with Gasteiger partial charge in [-0.25, -0.2) is 9.50 Å². The molecule has 2 aliphatic rings. The number of aromatic nitrogens is 3. The number of aliphatic hydroxyl groups excluding tert-OH is 1. The van der Waals surface area contributed by atoms with E-state index in [1.165, 1.54) is 6.33 Å². The van der Waals surface area contributed by atoms with Crippen LogP contribution in [0, 0.1) is 18.3 Å². The molecule has 24 heavy (non-hydrogen) atoms. The molecule has 0 unspecified atom stereocenters. The fourth-order valence-corrected chi connectivity index (χ4v) is 3.58. The maximum atomic E-state index is 10.00. The number of aryl methyl sites for hydroxylation is 1. The van der Waals surface area contributed by atoms with Crippen LogP contribution in [-0.2, 0) is 19.8 Å². The molecule has 2 aliphatic heterocycles. The topological polar surface area (TPSA) is 102 Å². The molecule has 4 heterocycles. The average molecular weight is 330 g/mol. The first kappa shape index (κ1) is 15.5. The molecule has 0 aliphatic carbocycles. The lowest BCUT2D eigenvalue weighted by molar-refractivity contribution is -0.204. The molecule has 2 aromatic rings. The van der Waals surface area contributed by atoms with Crippen molar-refractivity contribution >= 4 is 5.52 Å². The van der Waals surface area contributed by atoms with E-state index in [2.05, 4.69) is 16.2 Å². The van der Waals surface area contributed by atoms with E-state index in [1.54, 1.807) is 24.4 Å². The largest absolute Gasteiger partial charge is 0.394 e. The van der Waals surface area contributed by atoms with Gasteiger partial charge in [-0.15, -0.1) is 0 Å². The molecule has 2 aromatic heterocycles. The second-order valence-electron chi connectivity index (χ2n) is 6.57. The summed E-state index contributed by atoms with van der Waals surface area (Å²) in [6.45, 7) is 5.17. The van der Waals surface area contributed by atoms with Gasteiger partial charge in [0.05, 0.1) is 23.5 Å². The summed E-state index contributed by atoms with van der Waals surface area (Å²) in [5.41, 5.74) is 0.700. The SMILES string of the molecule is Cc1ncnn2c([C@]3(C#N)O[C@H](CO)[C@H]4OC(C)(C)O[C@H]43)ccc12. The molecule has 0 aromatic carbocycles. The molecule has 4 rings (SSSR count). The standard InChI is InChI=1S/C16H18N4O4/c1-9-10-4-5-12(20(10)19-8-18-9)16(7-17)14-13(11(6-21)22-16)23-15(2,3)24-14/h4-5,8,11,13-14,21H,6H2,1-3H3/t11-,13-,14-,16+/m1/s1. The van der Waals surface area contributed by atoms with Gasteiger partial charge in [-0.2, -0.15) is 10.4 Å². The van der Waals surface area contributed by atoms with Crippen LogP contribution in [0.5, 0.6) is 0 Å². The van der Waals surface area contributed by atoms with Gasteiger partial charge >= 0.3 is 0 Å². The number of hydrogen-bond donors (Lipinski definition) is 1. The Morgan fingerprint density at radius 1 is 1.33 bits per heavy atom. The zero-order chi connectivity index (χ0) is 17.1. The summed E-state index contributed by atoms with van der Waals surface area (Å²) in [4.78, 5) is 4.16. The Labute approximate surface area is 138 Å². The first-order valence-electron chi connectivity index (χ1n) is 7.77. The summed E-state index contributed by atoms with van der Waals surface area (Å²) in [5.74, 6) is -0.855. The molecule has 0 saturated carbocycles. The van der Waals surface area contributed by atoms with Crippen molar-refractivity contribution in [1.82, 2.24) is 14.6 Å². The molecular weight excluding hydrogens is 312 g/mol. The molecule has 2 saturated heterocycles. The molecule has 0 radical (unpaired) electrons. The third kappa shape index (κ3) is 1.93. The van der Waals surface area contributed by atoms with E-state index in [9.17, 15) is 10.4 Å². The Hall–Kier alpha value is -2.05. The first-order valence-corrected chi connectivity index (χ1v) is 7.77. The van der Waals surface area contributed by atoms with E-state index < -0.39 is 29.7 Å². The predicted molar refractivity (Wildman–Crippen MR) is 80.8 cm³/mol. The van der Waals surface area contributed by atoms with Gasteiger partial charge in [-0.05, 0) is 32.9 Å². The lowest BCUT2D eigenvalue weighted by atomic mass is 9.92. The van der Waals surface area contributed by atoms with Gasteiger partial charge in [-0.3, -0.25) is 0 Å². The van der Waals surface area contributed by atoms with Gasteiger partial charge in [0.25, 0.3) is 0 Å². The van der Waals surface area contributed by atoms with E-state index in [1.807, 2.05) is 13.0 Å². The van der Waals surface area contributed by atoms with Gasteiger partial charge in [-0.1, -0.05) is 0 Å². The maximum Gasteiger partial charge on any atom is 0.226 e. The Balaban J connectivity index is 1.90. The van der Waals surface area contributed by atoms with Gasteiger partial charge < -0.3 is 19.3 Å². The molecule has 126 valence electrons.